The number of allylic oxidation sites excluding steroid dienone is 2. The molecule has 0 aromatic carbocycles. The molecule has 23 heavy (non-hydrogen) atoms. The third-order valence-electron chi connectivity index (χ3n) is 4.54. The van der Waals surface area contributed by atoms with Crippen LogP contribution in [0.2, 0.25) is 0 Å². The van der Waals surface area contributed by atoms with Gasteiger partial charge in [-0.3, -0.25) is 0 Å². The molecule has 0 amide bonds. The summed E-state index contributed by atoms with van der Waals surface area (Å²) in [6.07, 6.45) is 9.06. The molecule has 0 aromatic heterocycles. The highest BCUT2D eigenvalue weighted by atomic mass is 16.3. The van der Waals surface area contributed by atoms with Gasteiger partial charge in [-0.05, 0) is 51.9 Å². The molecule has 4 atom stereocenters. The maximum absolute atomic E-state index is 10.5. The lowest BCUT2D eigenvalue weighted by Crippen LogP contribution is -2.27. The van der Waals surface area contributed by atoms with Gasteiger partial charge in [0.25, 0.3) is 0 Å². The van der Waals surface area contributed by atoms with E-state index in [1.54, 1.807) is 13.0 Å². The molecule has 0 radical (unpaired) electrons. The Labute approximate surface area is 141 Å². The molecule has 0 fully saturated rings. The molecule has 0 spiro atoms. The Balaban J connectivity index is 3.05. The van der Waals surface area contributed by atoms with Gasteiger partial charge in [-0.2, -0.15) is 0 Å². The van der Waals surface area contributed by atoms with Crippen LogP contribution in [-0.4, -0.2) is 33.1 Å². The van der Waals surface area contributed by atoms with Crippen LogP contribution in [0.3, 0.4) is 0 Å². The van der Waals surface area contributed by atoms with Crippen molar-refractivity contribution >= 4 is 0 Å². The van der Waals surface area contributed by atoms with E-state index in [4.69, 9.17) is 0 Å². The van der Waals surface area contributed by atoms with E-state index in [2.05, 4.69) is 26.8 Å². The largest absolute Gasteiger partial charge is 0.389 e. The molecule has 0 aromatic rings. The van der Waals surface area contributed by atoms with Crippen molar-refractivity contribution in [3.8, 4) is 0 Å². The molecule has 132 valence electrons. The summed E-state index contributed by atoms with van der Waals surface area (Å²) in [5.41, 5.74) is 1.09. The van der Waals surface area contributed by atoms with E-state index in [0.29, 0.717) is 18.3 Å². The molecule has 0 unspecified atom stereocenters. The van der Waals surface area contributed by atoms with Crippen LogP contribution in [0.1, 0.15) is 60.3 Å². The smallest absolute Gasteiger partial charge is 0.0827 e. The Kier molecular flexibility index (Phi) is 7.72. The van der Waals surface area contributed by atoms with Crippen molar-refractivity contribution < 1.29 is 15.3 Å². The summed E-state index contributed by atoms with van der Waals surface area (Å²) in [6.45, 7) is 10.1. The zero-order chi connectivity index (χ0) is 17.6. The van der Waals surface area contributed by atoms with Gasteiger partial charge in [-0.15, -0.1) is 0 Å². The molecule has 0 saturated carbocycles. The standard InChI is InChI=1S/C20H34O3/c1-14(2)17-7-6-15(3)10-18(21)11-16(4)12-19(22)13-20(5,23)9-8-17/h8-10,12,14,17-19,21-23H,6-7,11,13H2,1-5H3/b9-8+,15-10+,16-12+/t17-,18-,19+,20+/m1/s1. The molecule has 0 bridgehead atoms. The quantitative estimate of drug-likeness (QED) is 0.644. The Morgan fingerprint density at radius 1 is 1.09 bits per heavy atom. The summed E-state index contributed by atoms with van der Waals surface area (Å²) in [7, 11) is 0. The fraction of sp³-hybridized carbons (Fsp3) is 0.700. The minimum atomic E-state index is -1.03. The first-order valence-electron chi connectivity index (χ1n) is 8.71. The fourth-order valence-corrected chi connectivity index (χ4v) is 3.12. The average Bonchev–Trinajstić information content (AvgIpc) is 2.35. The summed E-state index contributed by atoms with van der Waals surface area (Å²) >= 11 is 0. The second kappa shape index (κ2) is 8.81. The molecule has 3 nitrogen and oxygen atoms in total. The highest BCUT2D eigenvalue weighted by Gasteiger charge is 2.22. The van der Waals surface area contributed by atoms with Crippen LogP contribution < -0.4 is 0 Å². The maximum Gasteiger partial charge on any atom is 0.0827 e. The topological polar surface area (TPSA) is 60.7 Å². The Bertz CT molecular complexity index is 458. The van der Waals surface area contributed by atoms with Crippen LogP contribution in [0.5, 0.6) is 0 Å². The second-order valence-electron chi connectivity index (χ2n) is 7.73. The van der Waals surface area contributed by atoms with Gasteiger partial charge in [-0.1, -0.05) is 49.3 Å². The van der Waals surface area contributed by atoms with Gasteiger partial charge in [0.2, 0.25) is 0 Å². The number of rotatable bonds is 1. The monoisotopic (exact) mass is 322 g/mol. The van der Waals surface area contributed by atoms with Gasteiger partial charge in [-0.25, -0.2) is 0 Å². The summed E-state index contributed by atoms with van der Waals surface area (Å²) in [5, 5.41) is 30.8. The van der Waals surface area contributed by atoms with Crippen LogP contribution in [0.15, 0.2) is 35.5 Å². The van der Waals surface area contributed by atoms with Gasteiger partial charge in [0.15, 0.2) is 0 Å². The van der Waals surface area contributed by atoms with Crippen LogP contribution in [0, 0.1) is 11.8 Å². The van der Waals surface area contributed by atoms with Crippen molar-refractivity contribution in [3.05, 3.63) is 35.5 Å². The lowest BCUT2D eigenvalue weighted by Gasteiger charge is -2.24. The van der Waals surface area contributed by atoms with Gasteiger partial charge in [0.1, 0.15) is 0 Å². The second-order valence-corrected chi connectivity index (χ2v) is 7.73. The molecule has 1 rings (SSSR count). The molecule has 1 aliphatic rings. The van der Waals surface area contributed by atoms with Crippen LogP contribution in [-0.2, 0) is 0 Å². The van der Waals surface area contributed by atoms with Crippen LogP contribution >= 0.6 is 0 Å². The van der Waals surface area contributed by atoms with E-state index in [1.807, 2.05) is 19.1 Å². The van der Waals surface area contributed by atoms with Crippen molar-refractivity contribution in [2.45, 2.75) is 78.1 Å². The molecule has 1 aliphatic carbocycles. The number of hydrogen-bond acceptors (Lipinski definition) is 3. The van der Waals surface area contributed by atoms with Crippen molar-refractivity contribution in [2.75, 3.05) is 0 Å². The molecule has 0 aliphatic heterocycles. The fourth-order valence-electron chi connectivity index (χ4n) is 3.12. The van der Waals surface area contributed by atoms with Crippen LogP contribution in [0.4, 0.5) is 0 Å². The van der Waals surface area contributed by atoms with E-state index in [1.165, 1.54) is 5.57 Å². The summed E-state index contributed by atoms with van der Waals surface area (Å²) in [4.78, 5) is 0. The van der Waals surface area contributed by atoms with Crippen molar-refractivity contribution in [3.63, 3.8) is 0 Å². The molecular formula is C20H34O3. The zero-order valence-electron chi connectivity index (χ0n) is 15.3. The minimum absolute atomic E-state index is 0.261. The lowest BCUT2D eigenvalue weighted by atomic mass is 9.86. The van der Waals surface area contributed by atoms with E-state index < -0.39 is 17.8 Å². The molecule has 0 heterocycles. The van der Waals surface area contributed by atoms with Gasteiger partial charge < -0.3 is 15.3 Å². The third kappa shape index (κ3) is 7.96. The first-order valence-corrected chi connectivity index (χ1v) is 8.71. The molecular weight excluding hydrogens is 288 g/mol. The predicted molar refractivity (Wildman–Crippen MR) is 96.1 cm³/mol. The minimum Gasteiger partial charge on any atom is -0.389 e. The Morgan fingerprint density at radius 2 is 1.70 bits per heavy atom. The normalized spacial score (nSPS) is 40.7. The molecule has 3 heteroatoms. The van der Waals surface area contributed by atoms with Crippen molar-refractivity contribution in [1.82, 2.24) is 0 Å². The van der Waals surface area contributed by atoms with E-state index in [9.17, 15) is 15.3 Å². The molecule has 0 saturated heterocycles. The number of aliphatic hydroxyl groups is 3. The maximum atomic E-state index is 10.5. The Morgan fingerprint density at radius 3 is 2.30 bits per heavy atom. The lowest BCUT2D eigenvalue weighted by molar-refractivity contribution is 0.0564. The number of hydrogen-bond donors (Lipinski definition) is 3. The van der Waals surface area contributed by atoms with Crippen molar-refractivity contribution in [1.29, 1.82) is 0 Å². The SMILES string of the molecule is C/C1=C\[C@@H](O)C/C(C)=C/[C@H](O)C[C@@](C)(O)/C=C/[C@H](C(C)C)CC1. The van der Waals surface area contributed by atoms with Gasteiger partial charge >= 0.3 is 0 Å². The summed E-state index contributed by atoms with van der Waals surface area (Å²) in [5.74, 6) is 0.860. The van der Waals surface area contributed by atoms with Gasteiger partial charge in [0.05, 0.1) is 17.8 Å². The van der Waals surface area contributed by atoms with E-state index in [0.717, 1.165) is 18.4 Å². The summed E-state index contributed by atoms with van der Waals surface area (Å²) < 4.78 is 0. The van der Waals surface area contributed by atoms with Crippen LogP contribution in [0.25, 0.3) is 0 Å². The highest BCUT2D eigenvalue weighted by molar-refractivity contribution is 5.12. The zero-order valence-corrected chi connectivity index (χ0v) is 15.3. The van der Waals surface area contributed by atoms with E-state index in [-0.39, 0.29) is 6.42 Å². The first kappa shape index (κ1) is 20.1. The first-order chi connectivity index (χ1) is 10.6. The summed E-state index contributed by atoms with van der Waals surface area (Å²) in [6, 6.07) is 0. The average molecular weight is 322 g/mol. The third-order valence-corrected chi connectivity index (χ3v) is 4.54. The van der Waals surface area contributed by atoms with Gasteiger partial charge in [0, 0.05) is 6.42 Å². The highest BCUT2D eigenvalue weighted by Crippen LogP contribution is 2.25. The number of aliphatic hydroxyl groups excluding tert-OH is 2. The molecule has 3 N–H and O–H groups in total. The Hall–Kier alpha value is -0.900. The van der Waals surface area contributed by atoms with E-state index >= 15 is 0 Å². The predicted octanol–water partition coefficient (Wildman–Crippen LogP) is 3.75. The van der Waals surface area contributed by atoms with Crippen molar-refractivity contribution in [2.24, 2.45) is 11.8 Å².